The van der Waals surface area contributed by atoms with E-state index < -0.39 is 15.8 Å². The summed E-state index contributed by atoms with van der Waals surface area (Å²) in [6.45, 7) is 4.89. The highest BCUT2D eigenvalue weighted by atomic mass is 32.2. The highest BCUT2D eigenvalue weighted by Gasteiger charge is 2.38. The number of nitrogens with zero attached hydrogens (tertiary/aromatic N) is 6. The fourth-order valence-corrected chi connectivity index (χ4v) is 7.64. The van der Waals surface area contributed by atoms with Crippen molar-refractivity contribution in [2.24, 2.45) is 0 Å². The van der Waals surface area contributed by atoms with E-state index in [4.69, 9.17) is 4.98 Å². The van der Waals surface area contributed by atoms with Gasteiger partial charge in [0.15, 0.2) is 5.78 Å². The summed E-state index contributed by atoms with van der Waals surface area (Å²) < 4.78 is 42.0. The van der Waals surface area contributed by atoms with Gasteiger partial charge in [0.1, 0.15) is 23.1 Å². The molecular formula is C31H36FN9O3S. The van der Waals surface area contributed by atoms with Gasteiger partial charge in [-0.05, 0) is 69.1 Å². The Morgan fingerprint density at radius 3 is 2.47 bits per heavy atom. The first kappa shape index (κ1) is 29.6. The van der Waals surface area contributed by atoms with E-state index in [2.05, 4.69) is 41.8 Å². The molecule has 2 aliphatic heterocycles. The second kappa shape index (κ2) is 12.0. The van der Waals surface area contributed by atoms with Crippen molar-refractivity contribution in [1.82, 2.24) is 29.6 Å². The summed E-state index contributed by atoms with van der Waals surface area (Å²) in [4.78, 5) is 37.5. The maximum Gasteiger partial charge on any atom is 0.232 e. The quantitative estimate of drug-likeness (QED) is 0.235. The van der Waals surface area contributed by atoms with E-state index in [-0.39, 0.29) is 17.1 Å². The van der Waals surface area contributed by atoms with Gasteiger partial charge in [0.2, 0.25) is 16.0 Å². The van der Waals surface area contributed by atoms with E-state index in [9.17, 15) is 17.6 Å². The van der Waals surface area contributed by atoms with E-state index in [0.29, 0.717) is 72.1 Å². The number of anilines is 4. The van der Waals surface area contributed by atoms with Crippen LogP contribution in [0.15, 0.2) is 48.8 Å². The number of hydrogen-bond donors (Lipinski definition) is 3. The summed E-state index contributed by atoms with van der Waals surface area (Å²) in [7, 11) is -1.25. The molecule has 12 nitrogen and oxygen atoms in total. The Balaban J connectivity index is 1.21. The maximum absolute atomic E-state index is 13.6. The molecule has 3 aliphatic rings. The number of ketones is 1. The molecule has 1 saturated carbocycles. The topological polar surface area (TPSA) is 139 Å². The Morgan fingerprint density at radius 2 is 1.76 bits per heavy atom. The van der Waals surface area contributed by atoms with Crippen molar-refractivity contribution in [3.05, 3.63) is 65.7 Å². The maximum atomic E-state index is 13.6. The van der Waals surface area contributed by atoms with Gasteiger partial charge in [0, 0.05) is 57.1 Å². The lowest BCUT2D eigenvalue weighted by atomic mass is 10.0. The first-order valence-corrected chi connectivity index (χ1v) is 16.9. The number of piperazine rings is 1. The molecule has 0 radical (unpaired) electrons. The van der Waals surface area contributed by atoms with Gasteiger partial charge in [0.05, 0.1) is 28.1 Å². The summed E-state index contributed by atoms with van der Waals surface area (Å²) >= 11 is 0. The second-order valence-corrected chi connectivity index (χ2v) is 14.1. The number of carbonyl (C=O) groups is 1. The zero-order chi connectivity index (χ0) is 31.1. The number of fused-ring (bicyclic) bond motifs is 1. The molecule has 3 fully saturated rings. The number of aromatic nitrogens is 4. The fraction of sp³-hybridized carbons (Fsp3) is 0.419. The molecule has 1 unspecified atom stereocenters. The van der Waals surface area contributed by atoms with Gasteiger partial charge in [-0.3, -0.25) is 4.79 Å². The fourth-order valence-electron chi connectivity index (χ4n) is 6.03. The highest BCUT2D eigenvalue weighted by molar-refractivity contribution is 7.90. The van der Waals surface area contributed by atoms with Crippen LogP contribution in [0.2, 0.25) is 0 Å². The number of halogens is 1. The zero-order valence-corrected chi connectivity index (χ0v) is 25.9. The molecule has 1 atom stereocenters. The van der Waals surface area contributed by atoms with E-state index >= 15 is 0 Å². The lowest BCUT2D eigenvalue weighted by Crippen LogP contribution is -2.48. The van der Waals surface area contributed by atoms with Crippen molar-refractivity contribution in [2.75, 3.05) is 61.4 Å². The van der Waals surface area contributed by atoms with Gasteiger partial charge in [-0.15, -0.1) is 0 Å². The van der Waals surface area contributed by atoms with Crippen LogP contribution in [0.4, 0.5) is 27.7 Å². The highest BCUT2D eigenvalue weighted by Crippen LogP contribution is 2.33. The molecule has 7 rings (SSSR count). The van der Waals surface area contributed by atoms with Crippen molar-refractivity contribution in [2.45, 2.75) is 37.0 Å². The molecule has 1 aliphatic carbocycles. The molecule has 3 N–H and O–H groups in total. The molecule has 3 aromatic heterocycles. The largest absolute Gasteiger partial charge is 0.368 e. The molecule has 0 amide bonds. The van der Waals surface area contributed by atoms with Crippen molar-refractivity contribution in [1.29, 1.82) is 0 Å². The first-order valence-electron chi connectivity index (χ1n) is 15.4. The third kappa shape index (κ3) is 6.35. The lowest BCUT2D eigenvalue weighted by molar-refractivity contribution is 0.104. The van der Waals surface area contributed by atoms with Crippen LogP contribution in [-0.2, 0) is 10.0 Å². The van der Waals surface area contributed by atoms with Gasteiger partial charge in [-0.2, -0.15) is 9.97 Å². The van der Waals surface area contributed by atoms with Crippen molar-refractivity contribution >= 4 is 50.1 Å². The van der Waals surface area contributed by atoms with Crippen molar-refractivity contribution in [3.63, 3.8) is 0 Å². The van der Waals surface area contributed by atoms with Crippen LogP contribution in [0.1, 0.15) is 41.6 Å². The Kier molecular flexibility index (Phi) is 7.88. The number of hydrogen-bond acceptors (Lipinski definition) is 10. The minimum Gasteiger partial charge on any atom is -0.368 e. The van der Waals surface area contributed by atoms with E-state index in [1.807, 2.05) is 23.2 Å². The molecule has 45 heavy (non-hydrogen) atoms. The molecule has 4 aromatic rings. The van der Waals surface area contributed by atoms with Gasteiger partial charge in [0.25, 0.3) is 0 Å². The van der Waals surface area contributed by atoms with Gasteiger partial charge < -0.3 is 25.0 Å². The molecule has 0 bridgehead atoms. The minimum atomic E-state index is -3.38. The molecule has 2 saturated heterocycles. The van der Waals surface area contributed by atoms with Crippen molar-refractivity contribution in [3.8, 4) is 0 Å². The van der Waals surface area contributed by atoms with E-state index in [1.165, 1.54) is 24.3 Å². The Bertz CT molecular complexity index is 1800. The molecular weight excluding hydrogens is 597 g/mol. The predicted octanol–water partition coefficient (Wildman–Crippen LogP) is 3.27. The lowest BCUT2D eigenvalue weighted by Gasteiger charge is -2.34. The molecule has 0 spiro atoms. The summed E-state index contributed by atoms with van der Waals surface area (Å²) in [6, 6.07) is 9.04. The SMILES string of the molecule is CN1CCN(c2ccc(Nc3nc(N4CCCC(NS(=O)(=O)C5CC5)C4)c4c(C(=O)c5ccc(F)cc5)c[nH]c4n3)nc2)CC1. The number of rotatable bonds is 9. The first-order chi connectivity index (χ1) is 21.7. The number of carbonyl (C=O) groups excluding carboxylic acids is 1. The van der Waals surface area contributed by atoms with Crippen LogP contribution in [-0.4, -0.2) is 96.6 Å². The molecule has 14 heteroatoms. The monoisotopic (exact) mass is 633 g/mol. The van der Waals surface area contributed by atoms with Gasteiger partial charge in [-0.1, -0.05) is 0 Å². The zero-order valence-electron chi connectivity index (χ0n) is 25.0. The average molecular weight is 634 g/mol. The van der Waals surface area contributed by atoms with Crippen LogP contribution < -0.4 is 19.8 Å². The number of benzene rings is 1. The number of likely N-dealkylation sites (N-methyl/N-ethyl adjacent to an activating group) is 1. The van der Waals surface area contributed by atoms with E-state index in [1.54, 1.807) is 6.20 Å². The Morgan fingerprint density at radius 1 is 0.978 bits per heavy atom. The van der Waals surface area contributed by atoms with Crippen LogP contribution in [0, 0.1) is 5.82 Å². The molecule has 236 valence electrons. The average Bonchev–Trinajstić information content (AvgIpc) is 3.82. The Hall–Kier alpha value is -4.14. The van der Waals surface area contributed by atoms with Crippen LogP contribution in [0.25, 0.3) is 11.0 Å². The molecule has 1 aromatic carbocycles. The second-order valence-electron chi connectivity index (χ2n) is 12.1. The van der Waals surface area contributed by atoms with E-state index in [0.717, 1.165) is 38.3 Å². The predicted molar refractivity (Wildman–Crippen MR) is 171 cm³/mol. The minimum absolute atomic E-state index is 0.287. The van der Waals surface area contributed by atoms with Gasteiger partial charge >= 0.3 is 0 Å². The summed E-state index contributed by atoms with van der Waals surface area (Å²) in [5, 5.41) is 3.43. The number of piperidine rings is 1. The van der Waals surface area contributed by atoms with Crippen LogP contribution in [0.5, 0.6) is 0 Å². The number of H-pyrrole nitrogens is 1. The normalized spacial score (nSPS) is 19.6. The number of nitrogens with one attached hydrogen (secondary N) is 3. The third-order valence-corrected chi connectivity index (χ3v) is 10.7. The number of aromatic amines is 1. The summed E-state index contributed by atoms with van der Waals surface area (Å²) in [5.41, 5.74) is 2.19. The smallest absolute Gasteiger partial charge is 0.232 e. The number of pyridine rings is 1. The number of sulfonamides is 1. The third-order valence-electron chi connectivity index (χ3n) is 8.73. The van der Waals surface area contributed by atoms with Crippen LogP contribution >= 0.6 is 0 Å². The molecule has 5 heterocycles. The van der Waals surface area contributed by atoms with Crippen LogP contribution in [0.3, 0.4) is 0 Å². The summed E-state index contributed by atoms with van der Waals surface area (Å²) in [5.74, 6) is 0.652. The van der Waals surface area contributed by atoms with Gasteiger partial charge in [-0.25, -0.2) is 22.5 Å². The Labute approximate surface area is 261 Å². The van der Waals surface area contributed by atoms with Crippen molar-refractivity contribution < 1.29 is 17.6 Å². The summed E-state index contributed by atoms with van der Waals surface area (Å²) in [6.07, 6.45) is 6.26. The standard InChI is InChI=1S/C31H36FN9O3S/c1-39-13-15-40(16-14-39)23-8-11-26(33-17-23)35-31-36-29-27(25(18-34-29)28(42)20-4-6-21(32)7-5-20)30(37-31)41-12-2-3-22(19-41)38-45(43,44)24-9-10-24/h4-8,11,17-18,22,24,38H,2-3,9-10,12-16,19H2,1H3,(H2,33,34,35,36,37).